The molecule has 1 unspecified atom stereocenters. The van der Waals surface area contributed by atoms with Crippen molar-refractivity contribution in [1.82, 2.24) is 5.32 Å². The van der Waals surface area contributed by atoms with Crippen LogP contribution in [0.4, 0.5) is 5.69 Å². The molecule has 0 saturated heterocycles. The minimum absolute atomic E-state index is 0.0716. The number of nitrogens with zero attached hydrogens (tertiary/aromatic N) is 1. The Morgan fingerprint density at radius 2 is 1.63 bits per heavy atom. The van der Waals surface area contributed by atoms with Crippen molar-refractivity contribution in [2.24, 2.45) is 0 Å². The van der Waals surface area contributed by atoms with E-state index in [1.807, 2.05) is 24.3 Å². The second kappa shape index (κ2) is 12.9. The summed E-state index contributed by atoms with van der Waals surface area (Å²) in [5.74, 6) is -2.32. The van der Waals surface area contributed by atoms with Crippen LogP contribution in [0.5, 0.6) is 0 Å². The summed E-state index contributed by atoms with van der Waals surface area (Å²) in [5, 5.41) is 14.4. The Morgan fingerprint density at radius 1 is 0.974 bits per heavy atom. The van der Waals surface area contributed by atoms with E-state index in [1.54, 1.807) is 19.9 Å². The van der Waals surface area contributed by atoms with Gasteiger partial charge in [-0.2, -0.15) is 0 Å². The summed E-state index contributed by atoms with van der Waals surface area (Å²) in [4.78, 5) is 49.1. The molecule has 11 heteroatoms. The van der Waals surface area contributed by atoms with E-state index in [1.165, 1.54) is 44.2 Å². The number of non-ortho nitro benzene ring substituents is 1. The van der Waals surface area contributed by atoms with Gasteiger partial charge in [0.2, 0.25) is 0 Å². The maximum Gasteiger partial charge on any atom is 0.336 e. The Balaban J connectivity index is 1.79. The lowest BCUT2D eigenvalue weighted by Crippen LogP contribution is -2.32. The maximum absolute atomic E-state index is 13.3. The third-order valence-electron chi connectivity index (χ3n) is 5.93. The number of thioether (sulfide) groups is 1. The van der Waals surface area contributed by atoms with Gasteiger partial charge in [0.05, 0.1) is 48.6 Å². The smallest absolute Gasteiger partial charge is 0.336 e. The third-order valence-corrected chi connectivity index (χ3v) is 6.92. The fraction of sp³-hybridized carbons (Fsp3) is 0.296. The molecule has 0 aliphatic carbocycles. The van der Waals surface area contributed by atoms with Crippen LogP contribution in [0.3, 0.4) is 0 Å². The van der Waals surface area contributed by atoms with Crippen LogP contribution in [0, 0.1) is 10.1 Å². The highest BCUT2D eigenvalue weighted by atomic mass is 32.2. The van der Waals surface area contributed by atoms with Gasteiger partial charge in [0, 0.05) is 34.8 Å². The average Bonchev–Trinajstić information content (AvgIpc) is 2.91. The van der Waals surface area contributed by atoms with Gasteiger partial charge < -0.3 is 19.5 Å². The summed E-state index contributed by atoms with van der Waals surface area (Å²) >= 11 is 1.36. The van der Waals surface area contributed by atoms with Crippen molar-refractivity contribution >= 4 is 35.4 Å². The van der Waals surface area contributed by atoms with Gasteiger partial charge in [0.15, 0.2) is 0 Å². The van der Waals surface area contributed by atoms with E-state index >= 15 is 0 Å². The lowest BCUT2D eigenvalue weighted by Gasteiger charge is -2.30. The molecule has 0 amide bonds. The number of ether oxygens (including phenoxy) is 3. The maximum atomic E-state index is 13.3. The van der Waals surface area contributed by atoms with E-state index in [9.17, 15) is 24.5 Å². The Labute approximate surface area is 224 Å². The van der Waals surface area contributed by atoms with Gasteiger partial charge in [-0.15, -0.1) is 11.8 Å². The lowest BCUT2D eigenvalue weighted by atomic mass is 9.80. The first-order chi connectivity index (χ1) is 18.2. The summed E-state index contributed by atoms with van der Waals surface area (Å²) in [6.07, 6.45) is 0.438. The van der Waals surface area contributed by atoms with E-state index in [4.69, 9.17) is 9.47 Å². The number of hydrogen-bond donors (Lipinski definition) is 1. The molecule has 1 N–H and O–H groups in total. The molecule has 1 aliphatic rings. The van der Waals surface area contributed by atoms with Crippen molar-refractivity contribution in [3.8, 4) is 0 Å². The number of nitrogens with one attached hydrogen (secondary N) is 1. The van der Waals surface area contributed by atoms with Crippen molar-refractivity contribution in [1.29, 1.82) is 0 Å². The Morgan fingerprint density at radius 3 is 2.24 bits per heavy atom. The molecule has 2 aromatic rings. The summed E-state index contributed by atoms with van der Waals surface area (Å²) in [7, 11) is 2.57. The lowest BCUT2D eigenvalue weighted by molar-refractivity contribution is -0.384. The molecule has 2 aromatic carbocycles. The minimum Gasteiger partial charge on any atom is -0.468 e. The van der Waals surface area contributed by atoms with E-state index in [-0.39, 0.29) is 35.2 Å². The van der Waals surface area contributed by atoms with E-state index in [2.05, 4.69) is 10.1 Å². The quantitative estimate of drug-likeness (QED) is 0.155. The van der Waals surface area contributed by atoms with Gasteiger partial charge in [-0.3, -0.25) is 14.9 Å². The molecule has 10 nitrogen and oxygen atoms in total. The second-order valence-electron chi connectivity index (χ2n) is 8.37. The average molecular weight is 541 g/mol. The van der Waals surface area contributed by atoms with Crippen molar-refractivity contribution in [3.05, 3.63) is 92.3 Å². The molecule has 200 valence electrons. The van der Waals surface area contributed by atoms with Crippen LogP contribution in [-0.2, 0) is 35.0 Å². The van der Waals surface area contributed by atoms with Crippen LogP contribution in [0.2, 0.25) is 0 Å². The highest BCUT2D eigenvalue weighted by molar-refractivity contribution is 8.00. The van der Waals surface area contributed by atoms with Crippen LogP contribution in [0.1, 0.15) is 30.9 Å². The van der Waals surface area contributed by atoms with Crippen LogP contribution in [0.25, 0.3) is 0 Å². The van der Waals surface area contributed by atoms with Gasteiger partial charge in [-0.1, -0.05) is 24.3 Å². The van der Waals surface area contributed by atoms with Crippen molar-refractivity contribution < 1.29 is 33.5 Å². The van der Waals surface area contributed by atoms with E-state index in [0.29, 0.717) is 23.4 Å². The van der Waals surface area contributed by atoms with Crippen LogP contribution < -0.4 is 5.32 Å². The summed E-state index contributed by atoms with van der Waals surface area (Å²) in [6.45, 7) is 3.43. The molecule has 0 radical (unpaired) electrons. The van der Waals surface area contributed by atoms with E-state index < -0.39 is 22.8 Å². The molecule has 0 aromatic heterocycles. The minimum atomic E-state index is -0.915. The molecule has 1 aliphatic heterocycles. The Hall–Kier alpha value is -4.12. The Bertz CT molecular complexity index is 1300. The summed E-state index contributed by atoms with van der Waals surface area (Å²) in [6, 6.07) is 13.3. The molecule has 0 saturated carbocycles. The molecule has 0 fully saturated rings. The van der Waals surface area contributed by atoms with Gasteiger partial charge >= 0.3 is 17.9 Å². The number of carbonyl (C=O) groups excluding carboxylic acids is 3. The number of carbonyl (C=O) groups is 3. The van der Waals surface area contributed by atoms with Crippen LogP contribution in [0.15, 0.2) is 76.0 Å². The number of nitro benzene ring substituents is 1. The number of nitro groups is 1. The number of benzene rings is 2. The fourth-order valence-corrected chi connectivity index (χ4v) is 4.82. The zero-order valence-electron chi connectivity index (χ0n) is 21.4. The fourth-order valence-electron chi connectivity index (χ4n) is 4.09. The third kappa shape index (κ3) is 6.80. The predicted octanol–water partition coefficient (Wildman–Crippen LogP) is 4.05. The molecule has 38 heavy (non-hydrogen) atoms. The van der Waals surface area contributed by atoms with Crippen molar-refractivity contribution in [2.75, 3.05) is 26.6 Å². The molecule has 3 rings (SSSR count). The number of rotatable bonds is 10. The number of dihydropyridines is 1. The monoisotopic (exact) mass is 540 g/mol. The van der Waals surface area contributed by atoms with Crippen molar-refractivity contribution in [3.63, 3.8) is 0 Å². The molecule has 0 bridgehead atoms. The number of allylic oxidation sites excluding steroid dienone is 2. The molecular formula is C27H28N2O8S. The topological polar surface area (TPSA) is 134 Å². The normalized spacial score (nSPS) is 15.0. The molecular weight excluding hydrogens is 512 g/mol. The zero-order chi connectivity index (χ0) is 27.8. The van der Waals surface area contributed by atoms with Crippen LogP contribution >= 0.6 is 11.8 Å². The highest BCUT2D eigenvalue weighted by Gasteiger charge is 2.38. The number of methoxy groups -OCH3 is 2. The largest absolute Gasteiger partial charge is 0.468 e. The van der Waals surface area contributed by atoms with Crippen LogP contribution in [-0.4, -0.2) is 49.4 Å². The zero-order valence-corrected chi connectivity index (χ0v) is 22.3. The highest BCUT2D eigenvalue weighted by Crippen LogP contribution is 2.40. The number of esters is 3. The van der Waals surface area contributed by atoms with E-state index in [0.717, 1.165) is 10.5 Å². The first-order valence-electron chi connectivity index (χ1n) is 11.6. The first-order valence-corrected chi connectivity index (χ1v) is 12.6. The van der Waals surface area contributed by atoms with Gasteiger partial charge in [0.1, 0.15) is 0 Å². The molecule has 1 atom stereocenters. The summed E-state index contributed by atoms with van der Waals surface area (Å²) < 4.78 is 15.2. The van der Waals surface area contributed by atoms with Crippen molar-refractivity contribution in [2.45, 2.75) is 31.1 Å². The predicted molar refractivity (Wildman–Crippen MR) is 140 cm³/mol. The number of hydrogen-bond acceptors (Lipinski definition) is 10. The van der Waals surface area contributed by atoms with Gasteiger partial charge in [-0.05, 0) is 37.1 Å². The molecule has 0 spiro atoms. The SMILES string of the molecule is COC(=O)CSc1ccc(CCOC(=O)C2=C(C)NC(C)=C(C(=O)OC)C2c2cccc([N+](=O)[O-])c2)cc1. The Kier molecular flexibility index (Phi) is 9.66. The second-order valence-corrected chi connectivity index (χ2v) is 9.42. The standard InChI is InChI=1S/C27H28N2O8S/c1-16-23(26(31)36-4)25(19-6-5-7-20(14-19)29(33)34)24(17(2)28-16)27(32)37-13-12-18-8-10-21(11-9-18)38-15-22(30)35-3/h5-11,14,25,28H,12-13,15H2,1-4H3. The molecule has 1 heterocycles. The van der Waals surface area contributed by atoms with Gasteiger partial charge in [-0.25, -0.2) is 9.59 Å². The first kappa shape index (κ1) is 28.5. The van der Waals surface area contributed by atoms with Gasteiger partial charge in [0.25, 0.3) is 5.69 Å². The summed E-state index contributed by atoms with van der Waals surface area (Å²) in [5.41, 5.74) is 2.45.